The van der Waals surface area contributed by atoms with Crippen LogP contribution >= 0.6 is 0 Å². The van der Waals surface area contributed by atoms with Crippen LogP contribution in [-0.4, -0.2) is 19.9 Å². The summed E-state index contributed by atoms with van der Waals surface area (Å²) in [5.41, 5.74) is 0. The highest BCUT2D eigenvalue weighted by Gasteiger charge is 2.03. The van der Waals surface area contributed by atoms with E-state index in [1.165, 1.54) is 0 Å². The Labute approximate surface area is 36.1 Å². The Morgan fingerprint density at radius 3 is 2.67 bits per heavy atom. The van der Waals surface area contributed by atoms with E-state index in [9.17, 15) is 5.21 Å². The molecule has 1 aliphatic heterocycles. The zero-order valence-corrected chi connectivity index (χ0v) is 3.44. The van der Waals surface area contributed by atoms with E-state index in [4.69, 9.17) is 4.74 Å². The van der Waals surface area contributed by atoms with Gasteiger partial charge in [-0.3, -0.25) is 0 Å². The van der Waals surface area contributed by atoms with Crippen LogP contribution < -0.4 is 5.06 Å². The third kappa shape index (κ3) is 0.680. The van der Waals surface area contributed by atoms with Gasteiger partial charge in [0.05, 0.1) is 0 Å². The minimum absolute atomic E-state index is 0.231. The summed E-state index contributed by atoms with van der Waals surface area (Å²) in [6, 6.07) is 0. The van der Waals surface area contributed by atoms with E-state index in [0.29, 0.717) is 19.9 Å². The molecule has 1 N–H and O–H groups in total. The highest BCUT2D eigenvalue weighted by atomic mass is 16.6. The third-order valence-electron chi connectivity index (χ3n) is 0.788. The Balaban J connectivity index is 2.18. The predicted octanol–water partition coefficient (Wildman–Crippen LogP) is -1.64. The average molecular weight is 89.1 g/mol. The minimum Gasteiger partial charge on any atom is -0.633 e. The van der Waals surface area contributed by atoms with Crippen LogP contribution in [0.1, 0.15) is 0 Å². The summed E-state index contributed by atoms with van der Waals surface area (Å²) in [5, 5.41) is 10.3. The molecule has 0 aromatic rings. The number of hydrogen-bond acceptors (Lipinski definition) is 2. The summed E-state index contributed by atoms with van der Waals surface area (Å²) in [4.78, 5) is 0. The SMILES string of the molecule is [O-][NH+]1CCOC1. The molecular formula is C3H7NO2. The number of ether oxygens (including phenoxy) is 1. The van der Waals surface area contributed by atoms with Gasteiger partial charge in [0, 0.05) is 0 Å². The van der Waals surface area contributed by atoms with Crippen LogP contribution in [0.3, 0.4) is 0 Å². The second kappa shape index (κ2) is 1.55. The molecule has 1 heterocycles. The summed E-state index contributed by atoms with van der Waals surface area (Å²) in [6.45, 7) is 1.61. The van der Waals surface area contributed by atoms with Gasteiger partial charge in [0.2, 0.25) is 0 Å². The van der Waals surface area contributed by atoms with Gasteiger partial charge in [-0.2, -0.15) is 0 Å². The summed E-state index contributed by atoms with van der Waals surface area (Å²) in [6.07, 6.45) is 0. The molecule has 0 saturated carbocycles. The van der Waals surface area contributed by atoms with E-state index in [0.717, 1.165) is 0 Å². The van der Waals surface area contributed by atoms with Crippen molar-refractivity contribution in [3.8, 4) is 0 Å². The van der Waals surface area contributed by atoms with Gasteiger partial charge < -0.3 is 15.0 Å². The predicted molar refractivity (Wildman–Crippen MR) is 20.0 cm³/mol. The number of rotatable bonds is 0. The lowest BCUT2D eigenvalue weighted by molar-refractivity contribution is -0.844. The first-order chi connectivity index (χ1) is 2.89. The molecule has 3 heteroatoms. The smallest absolute Gasteiger partial charge is 0.181 e. The van der Waals surface area contributed by atoms with Crippen LogP contribution in [0.25, 0.3) is 0 Å². The maximum Gasteiger partial charge on any atom is 0.181 e. The Kier molecular flexibility index (Phi) is 1.05. The average Bonchev–Trinajstić information content (AvgIpc) is 1.86. The highest BCUT2D eigenvalue weighted by molar-refractivity contribution is 4.29. The van der Waals surface area contributed by atoms with E-state index >= 15 is 0 Å². The summed E-state index contributed by atoms with van der Waals surface area (Å²) < 4.78 is 4.71. The van der Waals surface area contributed by atoms with Gasteiger partial charge in [-0.15, -0.1) is 0 Å². The van der Waals surface area contributed by atoms with E-state index in [-0.39, 0.29) is 5.06 Å². The lowest BCUT2D eigenvalue weighted by Crippen LogP contribution is -3.05. The molecule has 0 bridgehead atoms. The molecule has 1 atom stereocenters. The molecular weight excluding hydrogens is 82.0 g/mol. The minimum atomic E-state index is 0.231. The van der Waals surface area contributed by atoms with Crippen LogP contribution in [-0.2, 0) is 4.74 Å². The van der Waals surface area contributed by atoms with Crippen molar-refractivity contribution in [2.75, 3.05) is 19.9 Å². The number of hydrogen-bond donors (Lipinski definition) is 1. The molecule has 0 radical (unpaired) electrons. The molecule has 0 aromatic heterocycles. The van der Waals surface area contributed by atoms with E-state index < -0.39 is 0 Å². The van der Waals surface area contributed by atoms with Crippen molar-refractivity contribution in [2.24, 2.45) is 0 Å². The zero-order chi connectivity index (χ0) is 4.41. The standard InChI is InChI=1S/C3H7NO2/c5-4-1-2-6-3-4/h4H,1-3H2. The molecule has 3 nitrogen and oxygen atoms in total. The van der Waals surface area contributed by atoms with E-state index in [2.05, 4.69) is 0 Å². The Morgan fingerprint density at radius 1 is 1.67 bits per heavy atom. The molecule has 1 fully saturated rings. The Bertz CT molecular complexity index is 42.1. The lowest BCUT2D eigenvalue weighted by atomic mass is 10.7. The topological polar surface area (TPSA) is 36.7 Å². The van der Waals surface area contributed by atoms with Gasteiger partial charge in [0.1, 0.15) is 13.2 Å². The van der Waals surface area contributed by atoms with Crippen molar-refractivity contribution in [3.05, 3.63) is 5.21 Å². The van der Waals surface area contributed by atoms with Gasteiger partial charge in [-0.25, -0.2) is 0 Å². The largest absolute Gasteiger partial charge is 0.633 e. The molecule has 0 aliphatic carbocycles. The molecule has 6 heavy (non-hydrogen) atoms. The van der Waals surface area contributed by atoms with Gasteiger partial charge in [-0.1, -0.05) is 0 Å². The molecule has 1 unspecified atom stereocenters. The van der Waals surface area contributed by atoms with Gasteiger partial charge in [0.15, 0.2) is 6.73 Å². The molecule has 1 rings (SSSR count). The first-order valence-corrected chi connectivity index (χ1v) is 1.99. The quantitative estimate of drug-likeness (QED) is 0.361. The second-order valence-electron chi connectivity index (χ2n) is 1.34. The summed E-state index contributed by atoms with van der Waals surface area (Å²) in [7, 11) is 0. The monoisotopic (exact) mass is 89.0 g/mol. The fourth-order valence-corrected chi connectivity index (χ4v) is 0.444. The number of nitrogens with one attached hydrogen (secondary N) is 1. The van der Waals surface area contributed by atoms with E-state index in [1.807, 2.05) is 0 Å². The van der Waals surface area contributed by atoms with Gasteiger partial charge >= 0.3 is 0 Å². The zero-order valence-electron chi connectivity index (χ0n) is 3.44. The molecule has 0 aromatic carbocycles. The Hall–Kier alpha value is -0.120. The highest BCUT2D eigenvalue weighted by Crippen LogP contribution is 1.68. The summed E-state index contributed by atoms with van der Waals surface area (Å²) in [5.74, 6) is 0. The van der Waals surface area contributed by atoms with Crippen molar-refractivity contribution in [1.29, 1.82) is 0 Å². The molecule has 1 saturated heterocycles. The number of quaternary nitrogens is 1. The van der Waals surface area contributed by atoms with E-state index in [1.54, 1.807) is 0 Å². The molecule has 1 aliphatic rings. The Morgan fingerprint density at radius 2 is 2.50 bits per heavy atom. The fourth-order valence-electron chi connectivity index (χ4n) is 0.444. The third-order valence-corrected chi connectivity index (χ3v) is 0.788. The van der Waals surface area contributed by atoms with Crippen molar-refractivity contribution in [1.82, 2.24) is 0 Å². The lowest BCUT2D eigenvalue weighted by Gasteiger charge is -2.09. The number of hydroxylamine groups is 2. The maximum atomic E-state index is 10.1. The van der Waals surface area contributed by atoms with Crippen molar-refractivity contribution < 1.29 is 9.80 Å². The van der Waals surface area contributed by atoms with Crippen LogP contribution in [0, 0.1) is 5.21 Å². The van der Waals surface area contributed by atoms with Crippen molar-refractivity contribution >= 4 is 0 Å². The van der Waals surface area contributed by atoms with Gasteiger partial charge in [0.25, 0.3) is 0 Å². The fraction of sp³-hybridized carbons (Fsp3) is 1.00. The second-order valence-corrected chi connectivity index (χ2v) is 1.34. The maximum absolute atomic E-state index is 10.1. The first-order valence-electron chi connectivity index (χ1n) is 1.99. The van der Waals surface area contributed by atoms with Crippen LogP contribution in [0.15, 0.2) is 0 Å². The molecule has 0 amide bonds. The molecule has 0 spiro atoms. The van der Waals surface area contributed by atoms with Gasteiger partial charge in [-0.05, 0) is 0 Å². The van der Waals surface area contributed by atoms with Crippen molar-refractivity contribution in [3.63, 3.8) is 0 Å². The summed E-state index contributed by atoms with van der Waals surface area (Å²) >= 11 is 0. The van der Waals surface area contributed by atoms with Crippen LogP contribution in [0.4, 0.5) is 0 Å². The van der Waals surface area contributed by atoms with Crippen molar-refractivity contribution in [2.45, 2.75) is 0 Å². The molecule has 36 valence electrons. The van der Waals surface area contributed by atoms with Crippen LogP contribution in [0.2, 0.25) is 0 Å². The normalized spacial score (nSPS) is 34.5. The van der Waals surface area contributed by atoms with Crippen LogP contribution in [0.5, 0.6) is 0 Å². The first kappa shape index (κ1) is 4.05.